The van der Waals surface area contributed by atoms with Crippen LogP contribution in [0, 0.1) is 0 Å². The maximum atomic E-state index is 11.9. The topological polar surface area (TPSA) is 42.0 Å². The SMILES string of the molecule is CCCCNC(=O)c1ncccc1C(C)C. The van der Waals surface area contributed by atoms with Crippen molar-refractivity contribution in [1.29, 1.82) is 0 Å². The summed E-state index contributed by atoms with van der Waals surface area (Å²) in [5, 5.41) is 2.89. The van der Waals surface area contributed by atoms with Gasteiger partial charge in [0.1, 0.15) is 5.69 Å². The van der Waals surface area contributed by atoms with E-state index < -0.39 is 0 Å². The molecule has 0 atom stereocenters. The fraction of sp³-hybridized carbons (Fsp3) is 0.538. The molecule has 1 rings (SSSR count). The molecule has 16 heavy (non-hydrogen) atoms. The van der Waals surface area contributed by atoms with E-state index in [-0.39, 0.29) is 5.91 Å². The molecule has 3 heteroatoms. The number of rotatable bonds is 5. The molecule has 0 saturated heterocycles. The lowest BCUT2D eigenvalue weighted by atomic mass is 10.0. The Hall–Kier alpha value is -1.38. The summed E-state index contributed by atoms with van der Waals surface area (Å²) in [5.41, 5.74) is 1.57. The molecule has 0 aliphatic heterocycles. The van der Waals surface area contributed by atoms with Crippen LogP contribution in [0.2, 0.25) is 0 Å². The third-order valence-corrected chi connectivity index (χ3v) is 2.49. The molecule has 1 amide bonds. The second-order valence-electron chi connectivity index (χ2n) is 4.21. The Morgan fingerprint density at radius 1 is 1.50 bits per heavy atom. The molecule has 1 aromatic heterocycles. The highest BCUT2D eigenvalue weighted by Crippen LogP contribution is 2.16. The van der Waals surface area contributed by atoms with Crippen LogP contribution < -0.4 is 5.32 Å². The number of pyridine rings is 1. The van der Waals surface area contributed by atoms with Crippen molar-refractivity contribution < 1.29 is 4.79 Å². The van der Waals surface area contributed by atoms with Gasteiger partial charge in [0, 0.05) is 12.7 Å². The predicted molar refractivity (Wildman–Crippen MR) is 65.6 cm³/mol. The lowest BCUT2D eigenvalue weighted by Gasteiger charge is -2.11. The third kappa shape index (κ3) is 3.33. The van der Waals surface area contributed by atoms with Gasteiger partial charge in [-0.1, -0.05) is 33.3 Å². The summed E-state index contributed by atoms with van der Waals surface area (Å²) < 4.78 is 0. The number of amides is 1. The molecule has 0 bridgehead atoms. The van der Waals surface area contributed by atoms with Gasteiger partial charge in [-0.2, -0.15) is 0 Å². The van der Waals surface area contributed by atoms with Gasteiger partial charge in [0.15, 0.2) is 0 Å². The molecule has 88 valence electrons. The average Bonchev–Trinajstić information content (AvgIpc) is 2.29. The van der Waals surface area contributed by atoms with Crippen LogP contribution in [-0.4, -0.2) is 17.4 Å². The van der Waals surface area contributed by atoms with E-state index in [1.54, 1.807) is 6.20 Å². The lowest BCUT2D eigenvalue weighted by Crippen LogP contribution is -2.26. The first-order valence-corrected chi connectivity index (χ1v) is 5.90. The number of nitrogens with one attached hydrogen (secondary N) is 1. The highest BCUT2D eigenvalue weighted by molar-refractivity contribution is 5.93. The summed E-state index contributed by atoms with van der Waals surface area (Å²) in [7, 11) is 0. The second kappa shape index (κ2) is 6.26. The van der Waals surface area contributed by atoms with Crippen LogP contribution in [0.25, 0.3) is 0 Å². The van der Waals surface area contributed by atoms with Crippen LogP contribution in [0.3, 0.4) is 0 Å². The van der Waals surface area contributed by atoms with E-state index >= 15 is 0 Å². The van der Waals surface area contributed by atoms with Crippen LogP contribution >= 0.6 is 0 Å². The van der Waals surface area contributed by atoms with E-state index in [1.807, 2.05) is 12.1 Å². The molecule has 1 aromatic rings. The van der Waals surface area contributed by atoms with Gasteiger partial charge in [-0.15, -0.1) is 0 Å². The van der Waals surface area contributed by atoms with Crippen molar-refractivity contribution in [2.45, 2.75) is 39.5 Å². The van der Waals surface area contributed by atoms with Crippen LogP contribution in [-0.2, 0) is 0 Å². The van der Waals surface area contributed by atoms with Crippen molar-refractivity contribution in [3.8, 4) is 0 Å². The van der Waals surface area contributed by atoms with Gasteiger partial charge in [-0.25, -0.2) is 0 Å². The second-order valence-corrected chi connectivity index (χ2v) is 4.21. The summed E-state index contributed by atoms with van der Waals surface area (Å²) in [6, 6.07) is 3.84. The zero-order valence-electron chi connectivity index (χ0n) is 10.3. The van der Waals surface area contributed by atoms with E-state index in [1.165, 1.54) is 0 Å². The van der Waals surface area contributed by atoms with Gasteiger partial charge in [-0.05, 0) is 24.0 Å². The highest BCUT2D eigenvalue weighted by atomic mass is 16.1. The van der Waals surface area contributed by atoms with Crippen molar-refractivity contribution in [2.24, 2.45) is 0 Å². The Morgan fingerprint density at radius 2 is 2.25 bits per heavy atom. The molecule has 0 aliphatic carbocycles. The largest absolute Gasteiger partial charge is 0.351 e. The number of hydrogen-bond donors (Lipinski definition) is 1. The normalized spacial score (nSPS) is 10.5. The predicted octanol–water partition coefficient (Wildman–Crippen LogP) is 2.73. The van der Waals surface area contributed by atoms with Crippen LogP contribution in [0.5, 0.6) is 0 Å². The molecule has 1 heterocycles. The van der Waals surface area contributed by atoms with Gasteiger partial charge in [-0.3, -0.25) is 9.78 Å². The quantitative estimate of drug-likeness (QED) is 0.775. The van der Waals surface area contributed by atoms with Gasteiger partial charge in [0.2, 0.25) is 0 Å². The maximum absolute atomic E-state index is 11.9. The standard InChI is InChI=1S/C13H20N2O/c1-4-5-8-15-13(16)12-11(10(2)3)7-6-9-14-12/h6-7,9-10H,4-5,8H2,1-3H3,(H,15,16). The van der Waals surface area contributed by atoms with E-state index in [4.69, 9.17) is 0 Å². The molecule has 0 spiro atoms. The van der Waals surface area contributed by atoms with Crippen molar-refractivity contribution in [1.82, 2.24) is 10.3 Å². The van der Waals surface area contributed by atoms with Crippen LogP contribution in [0.15, 0.2) is 18.3 Å². The van der Waals surface area contributed by atoms with Crippen LogP contribution in [0.1, 0.15) is 55.6 Å². The number of carbonyl (C=O) groups excluding carboxylic acids is 1. The van der Waals surface area contributed by atoms with Crippen LogP contribution in [0.4, 0.5) is 0 Å². The number of hydrogen-bond acceptors (Lipinski definition) is 2. The van der Waals surface area contributed by atoms with Crippen molar-refractivity contribution in [2.75, 3.05) is 6.54 Å². The van der Waals surface area contributed by atoms with E-state index in [0.29, 0.717) is 11.6 Å². The van der Waals surface area contributed by atoms with Gasteiger partial charge in [0.25, 0.3) is 5.91 Å². The third-order valence-electron chi connectivity index (χ3n) is 2.49. The molecule has 0 fully saturated rings. The number of unbranched alkanes of at least 4 members (excludes halogenated alkanes) is 1. The number of nitrogens with zero attached hydrogens (tertiary/aromatic N) is 1. The monoisotopic (exact) mass is 220 g/mol. The van der Waals surface area contributed by atoms with E-state index in [0.717, 1.165) is 24.9 Å². The first kappa shape index (κ1) is 12.7. The minimum Gasteiger partial charge on any atom is -0.351 e. The van der Waals surface area contributed by atoms with Crippen molar-refractivity contribution in [3.63, 3.8) is 0 Å². The molecular formula is C13H20N2O. The first-order chi connectivity index (χ1) is 7.66. The first-order valence-electron chi connectivity index (χ1n) is 5.90. The molecule has 0 radical (unpaired) electrons. The molecule has 0 aliphatic rings. The minimum atomic E-state index is -0.0576. The summed E-state index contributed by atoms with van der Waals surface area (Å²) >= 11 is 0. The highest BCUT2D eigenvalue weighted by Gasteiger charge is 2.13. The molecule has 0 saturated carbocycles. The minimum absolute atomic E-state index is 0.0576. The molecular weight excluding hydrogens is 200 g/mol. The molecule has 0 aromatic carbocycles. The summed E-state index contributed by atoms with van der Waals surface area (Å²) in [6.45, 7) is 6.97. The van der Waals surface area contributed by atoms with Gasteiger partial charge < -0.3 is 5.32 Å². The Bertz CT molecular complexity index is 348. The summed E-state index contributed by atoms with van der Waals surface area (Å²) in [4.78, 5) is 16.0. The van der Waals surface area contributed by atoms with E-state index in [2.05, 4.69) is 31.1 Å². The number of aromatic nitrogens is 1. The smallest absolute Gasteiger partial charge is 0.270 e. The fourth-order valence-electron chi connectivity index (χ4n) is 1.54. The molecule has 3 nitrogen and oxygen atoms in total. The van der Waals surface area contributed by atoms with Crippen molar-refractivity contribution >= 4 is 5.91 Å². The Labute approximate surface area is 97.3 Å². The lowest BCUT2D eigenvalue weighted by molar-refractivity contribution is 0.0947. The van der Waals surface area contributed by atoms with Gasteiger partial charge in [0.05, 0.1) is 0 Å². The Kier molecular flexibility index (Phi) is 4.96. The molecule has 1 N–H and O–H groups in total. The maximum Gasteiger partial charge on any atom is 0.270 e. The Balaban J connectivity index is 2.74. The number of carbonyl (C=O) groups is 1. The average molecular weight is 220 g/mol. The van der Waals surface area contributed by atoms with Gasteiger partial charge >= 0.3 is 0 Å². The molecule has 0 unspecified atom stereocenters. The summed E-state index contributed by atoms with van der Waals surface area (Å²) in [6.07, 6.45) is 3.76. The van der Waals surface area contributed by atoms with Crippen molar-refractivity contribution in [3.05, 3.63) is 29.6 Å². The Morgan fingerprint density at radius 3 is 2.88 bits per heavy atom. The zero-order chi connectivity index (χ0) is 12.0. The van der Waals surface area contributed by atoms with E-state index in [9.17, 15) is 4.79 Å². The fourth-order valence-corrected chi connectivity index (χ4v) is 1.54. The zero-order valence-corrected chi connectivity index (χ0v) is 10.3. The summed E-state index contributed by atoms with van der Waals surface area (Å²) in [5.74, 6) is 0.262.